The molecule has 1 aromatic carbocycles. The van der Waals surface area contributed by atoms with E-state index in [1.807, 2.05) is 35.2 Å². The minimum Gasteiger partial charge on any atom is -0.337 e. The minimum atomic E-state index is 0.0148. The highest BCUT2D eigenvalue weighted by Crippen LogP contribution is 2.28. The molecule has 1 aromatic heterocycles. The van der Waals surface area contributed by atoms with Gasteiger partial charge in [0, 0.05) is 13.1 Å². The number of hydrogen-bond acceptors (Lipinski definition) is 4. The zero-order valence-corrected chi connectivity index (χ0v) is 13.1. The van der Waals surface area contributed by atoms with Gasteiger partial charge in [-0.1, -0.05) is 48.7 Å². The van der Waals surface area contributed by atoms with Crippen LogP contribution in [0.2, 0.25) is 0 Å². The van der Waals surface area contributed by atoms with Gasteiger partial charge in [-0.2, -0.15) is 0 Å². The molecule has 2 atom stereocenters. The van der Waals surface area contributed by atoms with Crippen LogP contribution in [0.5, 0.6) is 0 Å². The minimum absolute atomic E-state index is 0.0148. The Morgan fingerprint density at radius 3 is 2.52 bits per heavy atom. The zero-order chi connectivity index (χ0) is 14.8. The second-order valence-corrected chi connectivity index (χ2v) is 6.73. The number of nitrogens with zero attached hydrogens (tertiary/aromatic N) is 3. The number of piperidine rings is 1. The molecule has 0 bridgehead atoms. The highest BCUT2D eigenvalue weighted by molar-refractivity contribution is 7.09. The summed E-state index contributed by atoms with van der Waals surface area (Å²) in [6, 6.07) is 9.89. The molecule has 2 unspecified atom stereocenters. The zero-order valence-electron chi connectivity index (χ0n) is 12.3. The maximum Gasteiger partial charge on any atom is 0.275 e. The third-order valence-corrected chi connectivity index (χ3v) is 4.66. The van der Waals surface area contributed by atoms with Gasteiger partial charge in [0.1, 0.15) is 0 Å². The van der Waals surface area contributed by atoms with Crippen molar-refractivity contribution < 1.29 is 4.79 Å². The van der Waals surface area contributed by atoms with E-state index in [-0.39, 0.29) is 5.91 Å². The van der Waals surface area contributed by atoms with Crippen molar-refractivity contribution >= 4 is 17.4 Å². The lowest BCUT2D eigenvalue weighted by Crippen LogP contribution is -2.42. The fourth-order valence-electron chi connectivity index (χ4n) is 3.09. The largest absolute Gasteiger partial charge is 0.337 e. The Balaban J connectivity index is 1.88. The van der Waals surface area contributed by atoms with E-state index in [0.29, 0.717) is 17.5 Å². The average Bonchev–Trinajstić information content (AvgIpc) is 2.95. The Bertz CT molecular complexity index is 615. The lowest BCUT2D eigenvalue weighted by molar-refractivity contribution is 0.0618. The second kappa shape index (κ2) is 5.93. The van der Waals surface area contributed by atoms with Crippen molar-refractivity contribution in [3.63, 3.8) is 0 Å². The van der Waals surface area contributed by atoms with Crippen molar-refractivity contribution in [3.05, 3.63) is 36.0 Å². The fraction of sp³-hybridized carbons (Fsp3) is 0.438. The van der Waals surface area contributed by atoms with Gasteiger partial charge in [0.05, 0.1) is 4.88 Å². The molecule has 21 heavy (non-hydrogen) atoms. The smallest absolute Gasteiger partial charge is 0.275 e. The molecule has 0 radical (unpaired) electrons. The van der Waals surface area contributed by atoms with Crippen molar-refractivity contribution in [1.82, 2.24) is 14.5 Å². The van der Waals surface area contributed by atoms with Gasteiger partial charge in [-0.05, 0) is 35.4 Å². The van der Waals surface area contributed by atoms with E-state index < -0.39 is 0 Å². The molecule has 0 aliphatic carbocycles. The summed E-state index contributed by atoms with van der Waals surface area (Å²) < 4.78 is 4.00. The summed E-state index contributed by atoms with van der Waals surface area (Å²) in [5.41, 5.74) is 1.50. The molecule has 0 saturated carbocycles. The third-order valence-electron chi connectivity index (χ3n) is 3.88. The first-order chi connectivity index (χ1) is 10.1. The number of aromatic nitrogens is 2. The SMILES string of the molecule is CC1CC(C)CN(C(=O)c2nnsc2-c2ccccc2)C1. The Morgan fingerprint density at radius 2 is 1.86 bits per heavy atom. The molecule has 1 aliphatic rings. The monoisotopic (exact) mass is 301 g/mol. The summed E-state index contributed by atoms with van der Waals surface area (Å²) in [5, 5.41) is 4.10. The first kappa shape index (κ1) is 14.2. The maximum absolute atomic E-state index is 12.8. The van der Waals surface area contributed by atoms with Gasteiger partial charge < -0.3 is 4.90 Å². The van der Waals surface area contributed by atoms with Crippen molar-refractivity contribution in [3.8, 4) is 10.4 Å². The molecule has 5 heteroatoms. The van der Waals surface area contributed by atoms with Crippen molar-refractivity contribution in [2.45, 2.75) is 20.3 Å². The van der Waals surface area contributed by atoms with Crippen LogP contribution in [0.1, 0.15) is 30.8 Å². The summed E-state index contributed by atoms with van der Waals surface area (Å²) >= 11 is 1.29. The number of likely N-dealkylation sites (tertiary alicyclic amines) is 1. The molecule has 0 spiro atoms. The molecule has 0 N–H and O–H groups in total. The summed E-state index contributed by atoms with van der Waals surface area (Å²) in [7, 11) is 0. The lowest BCUT2D eigenvalue weighted by Gasteiger charge is -2.34. The van der Waals surface area contributed by atoms with Crippen molar-refractivity contribution in [2.75, 3.05) is 13.1 Å². The number of hydrogen-bond donors (Lipinski definition) is 0. The molecule has 3 rings (SSSR count). The highest BCUT2D eigenvalue weighted by Gasteiger charge is 2.29. The molecule has 1 amide bonds. The van der Waals surface area contributed by atoms with Crippen LogP contribution in [-0.4, -0.2) is 33.5 Å². The molecular formula is C16H19N3OS. The number of benzene rings is 1. The second-order valence-electron chi connectivity index (χ2n) is 5.97. The van der Waals surface area contributed by atoms with Crippen LogP contribution in [0.25, 0.3) is 10.4 Å². The summed E-state index contributed by atoms with van der Waals surface area (Å²) in [5.74, 6) is 1.11. The molecule has 1 fully saturated rings. The van der Waals surface area contributed by atoms with Crippen molar-refractivity contribution in [2.24, 2.45) is 11.8 Å². The normalized spacial score (nSPS) is 22.3. The Hall–Kier alpha value is -1.75. The standard InChI is InChI=1S/C16H19N3OS/c1-11-8-12(2)10-19(9-11)16(20)14-15(21-18-17-14)13-6-4-3-5-7-13/h3-7,11-12H,8-10H2,1-2H3. The van der Waals surface area contributed by atoms with Gasteiger partial charge in [-0.3, -0.25) is 4.79 Å². The number of amides is 1. The fourth-order valence-corrected chi connectivity index (χ4v) is 3.75. The van der Waals surface area contributed by atoms with Crippen LogP contribution in [0, 0.1) is 11.8 Å². The third kappa shape index (κ3) is 2.97. The molecule has 4 nitrogen and oxygen atoms in total. The first-order valence-electron chi connectivity index (χ1n) is 7.32. The topological polar surface area (TPSA) is 46.1 Å². The van der Waals surface area contributed by atoms with E-state index in [1.165, 1.54) is 18.0 Å². The molecule has 2 heterocycles. The molecular weight excluding hydrogens is 282 g/mol. The van der Waals surface area contributed by atoms with E-state index in [9.17, 15) is 4.79 Å². The predicted octanol–water partition coefficient (Wildman–Crippen LogP) is 3.32. The predicted molar refractivity (Wildman–Crippen MR) is 84.2 cm³/mol. The van der Waals surface area contributed by atoms with Crippen LogP contribution in [0.15, 0.2) is 30.3 Å². The summed E-state index contributed by atoms with van der Waals surface area (Å²) in [6.45, 7) is 6.03. The quantitative estimate of drug-likeness (QED) is 0.855. The molecule has 2 aromatic rings. The van der Waals surface area contributed by atoms with Gasteiger partial charge >= 0.3 is 0 Å². The van der Waals surface area contributed by atoms with Crippen molar-refractivity contribution in [1.29, 1.82) is 0 Å². The number of carbonyl (C=O) groups is 1. The van der Waals surface area contributed by atoms with E-state index in [4.69, 9.17) is 0 Å². The maximum atomic E-state index is 12.8. The van der Waals surface area contributed by atoms with E-state index in [0.717, 1.165) is 23.5 Å². The van der Waals surface area contributed by atoms with E-state index in [2.05, 4.69) is 23.4 Å². The molecule has 1 aliphatic heterocycles. The van der Waals surface area contributed by atoms with Gasteiger partial charge in [-0.25, -0.2) is 0 Å². The van der Waals surface area contributed by atoms with Crippen LogP contribution in [0.4, 0.5) is 0 Å². The van der Waals surface area contributed by atoms with Gasteiger partial charge in [-0.15, -0.1) is 5.10 Å². The number of carbonyl (C=O) groups excluding carboxylic acids is 1. The Kier molecular flexibility index (Phi) is 4.01. The highest BCUT2D eigenvalue weighted by atomic mass is 32.1. The average molecular weight is 301 g/mol. The van der Waals surface area contributed by atoms with E-state index in [1.54, 1.807) is 0 Å². The summed E-state index contributed by atoms with van der Waals surface area (Å²) in [4.78, 5) is 15.6. The van der Waals surface area contributed by atoms with E-state index >= 15 is 0 Å². The Labute approximate surface area is 129 Å². The number of rotatable bonds is 2. The molecule has 110 valence electrons. The Morgan fingerprint density at radius 1 is 1.19 bits per heavy atom. The lowest BCUT2D eigenvalue weighted by atomic mass is 9.91. The molecule has 1 saturated heterocycles. The van der Waals surface area contributed by atoms with Gasteiger partial charge in [0.2, 0.25) is 0 Å². The van der Waals surface area contributed by atoms with Crippen LogP contribution < -0.4 is 0 Å². The van der Waals surface area contributed by atoms with Crippen LogP contribution in [-0.2, 0) is 0 Å². The van der Waals surface area contributed by atoms with Crippen LogP contribution >= 0.6 is 11.5 Å². The van der Waals surface area contributed by atoms with Gasteiger partial charge in [0.15, 0.2) is 5.69 Å². The first-order valence-corrected chi connectivity index (χ1v) is 8.09. The van der Waals surface area contributed by atoms with Gasteiger partial charge in [0.25, 0.3) is 5.91 Å². The summed E-state index contributed by atoms with van der Waals surface area (Å²) in [6.07, 6.45) is 1.19. The van der Waals surface area contributed by atoms with Crippen LogP contribution in [0.3, 0.4) is 0 Å².